The summed E-state index contributed by atoms with van der Waals surface area (Å²) in [4.78, 5) is 9.61. The Kier molecular flexibility index (Phi) is 8.83. The first kappa shape index (κ1) is 13.9. The van der Waals surface area contributed by atoms with E-state index in [9.17, 15) is 4.89 Å². The molecule has 0 saturated carbocycles. The maximum Gasteiger partial charge on any atom is 0.244 e. The first-order valence-electron chi connectivity index (χ1n) is 4.74. The molecular weight excluding hydrogens is 223 g/mol. The third kappa shape index (κ3) is 9.23. The number of hydrogen-bond acceptors (Lipinski definition) is 3. The van der Waals surface area contributed by atoms with E-state index < -0.39 is 5.69 Å². The van der Waals surface area contributed by atoms with E-state index in [4.69, 9.17) is 16.3 Å². The van der Waals surface area contributed by atoms with Gasteiger partial charge in [0.25, 0.3) is 0 Å². The molecule has 0 rings (SSSR count). The summed E-state index contributed by atoms with van der Waals surface area (Å²) in [7, 11) is 0. The van der Waals surface area contributed by atoms with Crippen molar-refractivity contribution in [2.75, 3.05) is 12.4 Å². The van der Waals surface area contributed by atoms with Gasteiger partial charge in [0.15, 0.2) is 0 Å². The van der Waals surface area contributed by atoms with Gasteiger partial charge in [0, 0.05) is 5.75 Å². The minimum atomic E-state index is -2.50. The van der Waals surface area contributed by atoms with Crippen LogP contribution >= 0.6 is 17.1 Å². The van der Waals surface area contributed by atoms with Crippen LogP contribution in [0.2, 0.25) is 0 Å². The Hall–Kier alpha value is 0.920. The molecule has 0 aromatic carbocycles. The highest BCUT2D eigenvalue weighted by molar-refractivity contribution is 8.67. The molecule has 13 heavy (non-hydrogen) atoms. The van der Waals surface area contributed by atoms with Crippen molar-refractivity contribution in [1.82, 2.24) is 0 Å². The van der Waals surface area contributed by atoms with Crippen LogP contribution in [0, 0.1) is 0 Å². The molecule has 0 aliphatic heterocycles. The molecule has 1 atom stereocenters. The van der Waals surface area contributed by atoms with Gasteiger partial charge in [-0.05, 0) is 24.6 Å². The molecule has 0 aromatic heterocycles. The highest BCUT2D eigenvalue weighted by atomic mass is 32.9. The molecule has 0 saturated heterocycles. The lowest BCUT2D eigenvalue weighted by molar-refractivity contribution is 0.309. The first-order chi connectivity index (χ1) is 6.12. The van der Waals surface area contributed by atoms with E-state index in [1.54, 1.807) is 0 Å². The standard InChI is InChI=1S/C8H19O2PS2/c1-3-5-6-7-10-11(9,12)13-8-4-2/h3-8H2,1-2H3,(H,9,12). The lowest BCUT2D eigenvalue weighted by atomic mass is 10.3. The molecule has 1 unspecified atom stereocenters. The minimum absolute atomic E-state index is 0.609. The fraction of sp³-hybridized carbons (Fsp3) is 1.00. The Labute approximate surface area is 90.4 Å². The van der Waals surface area contributed by atoms with E-state index in [1.807, 2.05) is 0 Å². The Balaban J connectivity index is 3.45. The lowest BCUT2D eigenvalue weighted by Gasteiger charge is -2.13. The van der Waals surface area contributed by atoms with E-state index in [0.717, 1.165) is 25.0 Å². The van der Waals surface area contributed by atoms with E-state index in [1.165, 1.54) is 17.8 Å². The van der Waals surface area contributed by atoms with Crippen LogP contribution < -0.4 is 0 Å². The Morgan fingerprint density at radius 3 is 2.54 bits per heavy atom. The maximum atomic E-state index is 9.61. The third-order valence-corrected chi connectivity index (χ3v) is 5.99. The fourth-order valence-electron chi connectivity index (χ4n) is 0.776. The largest absolute Gasteiger partial charge is 0.337 e. The normalized spacial score (nSPS) is 15.6. The zero-order valence-electron chi connectivity index (χ0n) is 8.36. The van der Waals surface area contributed by atoms with Crippen molar-refractivity contribution < 1.29 is 9.42 Å². The van der Waals surface area contributed by atoms with Gasteiger partial charge in [-0.25, -0.2) is 0 Å². The molecule has 0 aliphatic carbocycles. The van der Waals surface area contributed by atoms with Crippen molar-refractivity contribution in [3.8, 4) is 0 Å². The van der Waals surface area contributed by atoms with Gasteiger partial charge in [0.1, 0.15) is 0 Å². The quantitative estimate of drug-likeness (QED) is 0.520. The minimum Gasteiger partial charge on any atom is -0.337 e. The second-order valence-electron chi connectivity index (χ2n) is 2.84. The molecule has 0 fully saturated rings. The van der Waals surface area contributed by atoms with Crippen molar-refractivity contribution in [3.63, 3.8) is 0 Å². The Morgan fingerprint density at radius 2 is 2.00 bits per heavy atom. The second kappa shape index (κ2) is 8.25. The van der Waals surface area contributed by atoms with Gasteiger partial charge in [-0.2, -0.15) is 0 Å². The summed E-state index contributed by atoms with van der Waals surface area (Å²) < 4.78 is 5.28. The molecule has 0 heterocycles. The molecule has 0 bridgehead atoms. The van der Waals surface area contributed by atoms with Crippen LogP contribution in [0.1, 0.15) is 39.5 Å². The zero-order valence-corrected chi connectivity index (χ0v) is 10.9. The van der Waals surface area contributed by atoms with Crippen molar-refractivity contribution in [2.24, 2.45) is 0 Å². The van der Waals surface area contributed by atoms with Crippen molar-refractivity contribution in [3.05, 3.63) is 0 Å². The lowest BCUT2D eigenvalue weighted by Crippen LogP contribution is -1.90. The van der Waals surface area contributed by atoms with Crippen LogP contribution in [0.25, 0.3) is 0 Å². The van der Waals surface area contributed by atoms with E-state index in [-0.39, 0.29) is 0 Å². The van der Waals surface area contributed by atoms with Gasteiger partial charge in [0.2, 0.25) is 5.69 Å². The smallest absolute Gasteiger partial charge is 0.244 e. The number of rotatable bonds is 8. The van der Waals surface area contributed by atoms with Crippen LogP contribution in [0.4, 0.5) is 0 Å². The number of hydrogen-bond donors (Lipinski definition) is 1. The maximum absolute atomic E-state index is 9.61. The molecule has 1 N–H and O–H groups in total. The van der Waals surface area contributed by atoms with Gasteiger partial charge >= 0.3 is 0 Å². The van der Waals surface area contributed by atoms with E-state index in [0.29, 0.717) is 6.61 Å². The summed E-state index contributed by atoms with van der Waals surface area (Å²) in [6, 6.07) is 0. The fourth-order valence-corrected chi connectivity index (χ4v) is 4.21. The van der Waals surface area contributed by atoms with Crippen LogP contribution in [0.5, 0.6) is 0 Å². The molecule has 0 aliphatic rings. The molecule has 80 valence electrons. The van der Waals surface area contributed by atoms with Gasteiger partial charge < -0.3 is 9.42 Å². The predicted molar refractivity (Wildman–Crippen MR) is 64.7 cm³/mol. The molecule has 0 radical (unpaired) electrons. The summed E-state index contributed by atoms with van der Waals surface area (Å²) in [5.74, 6) is 0.890. The summed E-state index contributed by atoms with van der Waals surface area (Å²) in [5.41, 5.74) is -2.50. The highest BCUT2D eigenvalue weighted by Crippen LogP contribution is 2.56. The molecule has 0 amide bonds. The summed E-state index contributed by atoms with van der Waals surface area (Å²) in [6.07, 6.45) is 4.34. The monoisotopic (exact) mass is 242 g/mol. The molecular formula is C8H19O2PS2. The highest BCUT2D eigenvalue weighted by Gasteiger charge is 2.12. The van der Waals surface area contributed by atoms with Gasteiger partial charge in [-0.1, -0.05) is 38.1 Å². The Morgan fingerprint density at radius 1 is 1.31 bits per heavy atom. The van der Waals surface area contributed by atoms with Crippen LogP contribution in [0.15, 0.2) is 0 Å². The average molecular weight is 242 g/mol. The molecule has 0 spiro atoms. The van der Waals surface area contributed by atoms with Crippen molar-refractivity contribution in [1.29, 1.82) is 0 Å². The van der Waals surface area contributed by atoms with Crippen LogP contribution in [0.3, 0.4) is 0 Å². The molecule has 0 aromatic rings. The molecule has 2 nitrogen and oxygen atoms in total. The summed E-state index contributed by atoms with van der Waals surface area (Å²) >= 11 is 6.36. The zero-order chi connectivity index (χ0) is 10.2. The SMILES string of the molecule is CCCCCOP(O)(=S)SCCC. The van der Waals surface area contributed by atoms with Gasteiger partial charge in [-0.15, -0.1) is 0 Å². The van der Waals surface area contributed by atoms with E-state index in [2.05, 4.69) is 13.8 Å². The predicted octanol–water partition coefficient (Wildman–Crippen LogP) is 3.55. The van der Waals surface area contributed by atoms with Crippen LogP contribution in [-0.4, -0.2) is 17.3 Å². The summed E-state index contributed by atoms with van der Waals surface area (Å²) in [5, 5.41) is 0. The Bertz CT molecular complexity index is 164. The van der Waals surface area contributed by atoms with Gasteiger partial charge in [-0.3, -0.25) is 0 Å². The van der Waals surface area contributed by atoms with Gasteiger partial charge in [0.05, 0.1) is 6.61 Å². The second-order valence-corrected chi connectivity index (χ2v) is 9.14. The van der Waals surface area contributed by atoms with Crippen molar-refractivity contribution in [2.45, 2.75) is 39.5 Å². The van der Waals surface area contributed by atoms with E-state index >= 15 is 0 Å². The van der Waals surface area contributed by atoms with Crippen molar-refractivity contribution >= 4 is 28.9 Å². The third-order valence-electron chi connectivity index (χ3n) is 1.46. The summed E-state index contributed by atoms with van der Waals surface area (Å²) in [6.45, 7) is 4.82. The number of unbranched alkanes of at least 4 members (excludes halogenated alkanes) is 2. The topological polar surface area (TPSA) is 29.5 Å². The average Bonchev–Trinajstić information content (AvgIpc) is 2.09. The van der Waals surface area contributed by atoms with Crippen LogP contribution in [-0.2, 0) is 16.3 Å². The molecule has 5 heteroatoms. The first-order valence-corrected chi connectivity index (χ1v) is 9.00.